The molecule has 0 bridgehead atoms. The molecule has 0 radical (unpaired) electrons. The summed E-state index contributed by atoms with van der Waals surface area (Å²) in [5, 5.41) is 13.3. The number of fused-ring (bicyclic) bond motifs is 1. The standard InChI is InChI=1S/C18H16F2N2O5S/c1-26-14-8-11(13(22(24)25)9-15(14)27-18(19)20)2-3-17(23)21-6-4-16-12(10-21)5-7-28-16/h2-3,5,7-9,18H,4,6,10H2,1H3. The first-order chi connectivity index (χ1) is 13.4. The van der Waals surface area contributed by atoms with Gasteiger partial charge in [0.1, 0.15) is 0 Å². The zero-order valence-corrected chi connectivity index (χ0v) is 15.6. The van der Waals surface area contributed by atoms with Gasteiger partial charge in [-0.25, -0.2) is 0 Å². The fourth-order valence-corrected chi connectivity index (χ4v) is 3.80. The van der Waals surface area contributed by atoms with Gasteiger partial charge in [0, 0.05) is 24.0 Å². The minimum Gasteiger partial charge on any atom is -0.493 e. The normalized spacial score (nSPS) is 13.6. The number of ether oxygens (including phenoxy) is 2. The molecule has 7 nitrogen and oxygen atoms in total. The molecule has 2 heterocycles. The molecule has 0 fully saturated rings. The van der Waals surface area contributed by atoms with Crippen LogP contribution in [0.2, 0.25) is 0 Å². The van der Waals surface area contributed by atoms with Crippen LogP contribution in [0.5, 0.6) is 11.5 Å². The summed E-state index contributed by atoms with van der Waals surface area (Å²) in [6.07, 6.45) is 3.27. The molecule has 28 heavy (non-hydrogen) atoms. The second-order valence-corrected chi connectivity index (χ2v) is 6.91. The molecule has 0 spiro atoms. The second kappa shape index (κ2) is 8.34. The first-order valence-electron chi connectivity index (χ1n) is 8.22. The zero-order valence-electron chi connectivity index (χ0n) is 14.8. The number of alkyl halides is 2. The van der Waals surface area contributed by atoms with Gasteiger partial charge in [-0.15, -0.1) is 11.3 Å². The third-order valence-electron chi connectivity index (χ3n) is 4.25. The quantitative estimate of drug-likeness (QED) is 0.410. The van der Waals surface area contributed by atoms with Gasteiger partial charge < -0.3 is 14.4 Å². The minimum atomic E-state index is -3.16. The van der Waals surface area contributed by atoms with Gasteiger partial charge in [0.05, 0.1) is 23.7 Å². The van der Waals surface area contributed by atoms with Crippen molar-refractivity contribution in [2.45, 2.75) is 19.6 Å². The summed E-state index contributed by atoms with van der Waals surface area (Å²) in [5.74, 6) is -0.842. The number of hydrogen-bond donors (Lipinski definition) is 0. The molecule has 148 valence electrons. The number of thiophene rings is 1. The zero-order chi connectivity index (χ0) is 20.3. The van der Waals surface area contributed by atoms with E-state index in [2.05, 4.69) is 4.74 Å². The van der Waals surface area contributed by atoms with Crippen LogP contribution < -0.4 is 9.47 Å². The highest BCUT2D eigenvalue weighted by Gasteiger charge is 2.22. The number of rotatable bonds is 6. The van der Waals surface area contributed by atoms with E-state index in [0.717, 1.165) is 18.1 Å². The SMILES string of the molecule is COc1cc(C=CC(=O)N2CCc3sccc3C2)c([N+](=O)[O-])cc1OC(F)F. The molecule has 1 aliphatic rings. The number of nitrogens with zero attached hydrogens (tertiary/aromatic N) is 2. The van der Waals surface area contributed by atoms with Crippen molar-refractivity contribution in [3.05, 3.63) is 55.8 Å². The number of halogens is 2. The predicted molar refractivity (Wildman–Crippen MR) is 98.8 cm³/mol. The van der Waals surface area contributed by atoms with Crippen LogP contribution in [0.3, 0.4) is 0 Å². The number of carbonyl (C=O) groups is 1. The van der Waals surface area contributed by atoms with Crippen molar-refractivity contribution in [1.29, 1.82) is 0 Å². The van der Waals surface area contributed by atoms with E-state index in [1.807, 2.05) is 11.4 Å². The topological polar surface area (TPSA) is 81.9 Å². The molecule has 0 saturated heterocycles. The van der Waals surface area contributed by atoms with Crippen LogP contribution in [0.15, 0.2) is 29.7 Å². The molecule has 0 atom stereocenters. The largest absolute Gasteiger partial charge is 0.493 e. The number of methoxy groups -OCH3 is 1. The summed E-state index contributed by atoms with van der Waals surface area (Å²) in [5.41, 5.74) is 0.670. The van der Waals surface area contributed by atoms with Gasteiger partial charge >= 0.3 is 6.61 Å². The highest BCUT2D eigenvalue weighted by molar-refractivity contribution is 7.10. The number of benzene rings is 1. The summed E-state index contributed by atoms with van der Waals surface area (Å²) in [6.45, 7) is -2.12. The smallest absolute Gasteiger partial charge is 0.387 e. The van der Waals surface area contributed by atoms with E-state index in [1.165, 1.54) is 30.2 Å². The lowest BCUT2D eigenvalue weighted by atomic mass is 10.1. The summed E-state index contributed by atoms with van der Waals surface area (Å²) in [6, 6.07) is 4.01. The molecule has 1 amide bonds. The Morgan fingerprint density at radius 2 is 2.18 bits per heavy atom. The third kappa shape index (κ3) is 4.28. The highest BCUT2D eigenvalue weighted by Crippen LogP contribution is 2.36. The number of nitro benzene ring substituents is 1. The third-order valence-corrected chi connectivity index (χ3v) is 5.27. The number of hydrogen-bond acceptors (Lipinski definition) is 6. The molecule has 0 unspecified atom stereocenters. The molecular formula is C18H16F2N2O5S. The van der Waals surface area contributed by atoms with Gasteiger partial charge in [0.2, 0.25) is 5.91 Å². The molecule has 1 aromatic heterocycles. The monoisotopic (exact) mass is 410 g/mol. The van der Waals surface area contributed by atoms with Crippen LogP contribution in [0.1, 0.15) is 16.0 Å². The van der Waals surface area contributed by atoms with Crippen LogP contribution in [0.25, 0.3) is 6.08 Å². The van der Waals surface area contributed by atoms with Gasteiger partial charge in [-0.1, -0.05) is 0 Å². The van der Waals surface area contributed by atoms with Crippen molar-refractivity contribution in [1.82, 2.24) is 4.90 Å². The fourth-order valence-electron chi connectivity index (χ4n) is 2.91. The first-order valence-corrected chi connectivity index (χ1v) is 9.10. The molecule has 2 aromatic rings. The molecule has 0 aliphatic carbocycles. The van der Waals surface area contributed by atoms with Crippen molar-refractivity contribution in [3.63, 3.8) is 0 Å². The van der Waals surface area contributed by atoms with E-state index in [4.69, 9.17) is 4.74 Å². The average Bonchev–Trinajstić information content (AvgIpc) is 3.13. The van der Waals surface area contributed by atoms with Gasteiger partial charge in [-0.3, -0.25) is 14.9 Å². The van der Waals surface area contributed by atoms with E-state index < -0.39 is 23.0 Å². The molecule has 0 N–H and O–H groups in total. The van der Waals surface area contributed by atoms with Crippen molar-refractivity contribution >= 4 is 29.0 Å². The Labute approximate surface area is 162 Å². The number of amides is 1. The second-order valence-electron chi connectivity index (χ2n) is 5.91. The Morgan fingerprint density at radius 1 is 1.39 bits per heavy atom. The van der Waals surface area contributed by atoms with Crippen LogP contribution in [-0.2, 0) is 17.8 Å². The number of nitro groups is 1. The molecule has 1 aromatic carbocycles. The summed E-state index contributed by atoms with van der Waals surface area (Å²) in [4.78, 5) is 25.9. The Bertz CT molecular complexity index is 929. The van der Waals surface area contributed by atoms with Gasteiger partial charge in [0.15, 0.2) is 11.5 Å². The van der Waals surface area contributed by atoms with Crippen LogP contribution in [0.4, 0.5) is 14.5 Å². The lowest BCUT2D eigenvalue weighted by molar-refractivity contribution is -0.385. The van der Waals surface area contributed by atoms with Crippen molar-refractivity contribution < 1.29 is 28.0 Å². The highest BCUT2D eigenvalue weighted by atomic mass is 32.1. The van der Waals surface area contributed by atoms with Crippen molar-refractivity contribution in [2.75, 3.05) is 13.7 Å². The molecular weight excluding hydrogens is 394 g/mol. The van der Waals surface area contributed by atoms with Gasteiger partial charge in [-0.2, -0.15) is 8.78 Å². The molecule has 3 rings (SSSR count). The van der Waals surface area contributed by atoms with Crippen molar-refractivity contribution in [3.8, 4) is 11.5 Å². The Hall–Kier alpha value is -3.01. The summed E-state index contributed by atoms with van der Waals surface area (Å²) >= 11 is 1.65. The van der Waals surface area contributed by atoms with E-state index in [1.54, 1.807) is 16.2 Å². The lowest BCUT2D eigenvalue weighted by Crippen LogP contribution is -2.34. The van der Waals surface area contributed by atoms with Gasteiger partial charge in [0.25, 0.3) is 5.69 Å². The fraction of sp³-hybridized carbons (Fsp3) is 0.278. The molecule has 10 heteroatoms. The van der Waals surface area contributed by atoms with Crippen LogP contribution >= 0.6 is 11.3 Å². The van der Waals surface area contributed by atoms with E-state index >= 15 is 0 Å². The van der Waals surface area contributed by atoms with Crippen molar-refractivity contribution in [2.24, 2.45) is 0 Å². The molecule has 0 saturated carbocycles. The Morgan fingerprint density at radius 3 is 2.86 bits per heavy atom. The summed E-state index contributed by atoms with van der Waals surface area (Å²) < 4.78 is 34.2. The Balaban J connectivity index is 1.84. The maximum Gasteiger partial charge on any atom is 0.387 e. The van der Waals surface area contributed by atoms with Crippen LogP contribution in [0, 0.1) is 10.1 Å². The molecule has 1 aliphatic heterocycles. The van der Waals surface area contributed by atoms with Gasteiger partial charge in [-0.05, 0) is 35.6 Å². The maximum atomic E-state index is 12.5. The lowest BCUT2D eigenvalue weighted by Gasteiger charge is -2.25. The van der Waals surface area contributed by atoms with Crippen LogP contribution in [-0.4, -0.2) is 36.0 Å². The predicted octanol–water partition coefficient (Wildman–Crippen LogP) is 3.86. The number of carbonyl (C=O) groups excluding carboxylic acids is 1. The van der Waals surface area contributed by atoms with E-state index in [-0.39, 0.29) is 17.2 Å². The van der Waals surface area contributed by atoms with E-state index in [9.17, 15) is 23.7 Å². The minimum absolute atomic E-state index is 0.0463. The van der Waals surface area contributed by atoms with E-state index in [0.29, 0.717) is 13.1 Å². The summed E-state index contributed by atoms with van der Waals surface area (Å²) in [7, 11) is 1.23. The first kappa shape index (κ1) is 19.7. The average molecular weight is 410 g/mol. The maximum absolute atomic E-state index is 12.5. The Kier molecular flexibility index (Phi) is 5.88.